The van der Waals surface area contributed by atoms with Gasteiger partial charge in [-0.05, 0) is 30.5 Å². The first-order chi connectivity index (χ1) is 12.6. The Hall–Kier alpha value is -3.09. The summed E-state index contributed by atoms with van der Waals surface area (Å²) < 4.78 is 5.12. The molecule has 7 nitrogen and oxygen atoms in total. The number of hydrogen-bond acceptors (Lipinski definition) is 4. The minimum atomic E-state index is -0.269. The molecule has 3 amide bonds. The largest absolute Gasteiger partial charge is 0.459 e. The van der Waals surface area contributed by atoms with Crippen LogP contribution in [0.3, 0.4) is 0 Å². The van der Waals surface area contributed by atoms with E-state index in [1.165, 1.54) is 6.26 Å². The number of carbonyl (C=O) groups excluding carboxylic acids is 3. The first kappa shape index (κ1) is 17.7. The third-order valence-corrected chi connectivity index (χ3v) is 4.42. The van der Waals surface area contributed by atoms with Crippen molar-refractivity contribution in [3.8, 4) is 0 Å². The second kappa shape index (κ2) is 8.33. The molecule has 0 bridgehead atoms. The molecule has 1 saturated heterocycles. The van der Waals surface area contributed by atoms with Crippen LogP contribution in [0.1, 0.15) is 29.0 Å². The highest BCUT2D eigenvalue weighted by Gasteiger charge is 2.28. The van der Waals surface area contributed by atoms with Crippen LogP contribution in [0, 0.1) is 5.92 Å². The highest BCUT2D eigenvalue weighted by molar-refractivity contribution is 5.91. The number of nitrogens with zero attached hydrogens (tertiary/aromatic N) is 1. The Morgan fingerprint density at radius 3 is 2.38 bits per heavy atom. The molecule has 26 heavy (non-hydrogen) atoms. The predicted molar refractivity (Wildman–Crippen MR) is 93.8 cm³/mol. The fourth-order valence-electron chi connectivity index (χ4n) is 2.96. The molecule has 0 atom stereocenters. The number of nitrogens with one attached hydrogen (secondary N) is 2. The number of rotatable bonds is 4. The van der Waals surface area contributed by atoms with Gasteiger partial charge in [-0.25, -0.2) is 0 Å². The van der Waals surface area contributed by atoms with Crippen molar-refractivity contribution in [1.29, 1.82) is 0 Å². The van der Waals surface area contributed by atoms with Crippen molar-refractivity contribution in [3.05, 3.63) is 60.1 Å². The maximum absolute atomic E-state index is 12.2. The van der Waals surface area contributed by atoms with Gasteiger partial charge in [-0.3, -0.25) is 25.2 Å². The Kier molecular flexibility index (Phi) is 5.68. The summed E-state index contributed by atoms with van der Waals surface area (Å²) in [5.74, 6) is -0.578. The number of carbonyl (C=O) groups is 3. The Labute approximate surface area is 151 Å². The van der Waals surface area contributed by atoms with Crippen LogP contribution in [-0.4, -0.2) is 35.7 Å². The SMILES string of the molecule is O=C(Cc1ccccc1)NNC(=O)C1CCN(C(=O)c2ccco2)CC1. The fourth-order valence-corrected chi connectivity index (χ4v) is 2.96. The van der Waals surface area contributed by atoms with Crippen molar-refractivity contribution in [2.75, 3.05) is 13.1 Å². The molecule has 0 unspecified atom stereocenters. The Morgan fingerprint density at radius 1 is 1.00 bits per heavy atom. The summed E-state index contributed by atoms with van der Waals surface area (Å²) in [5, 5.41) is 0. The average molecular weight is 355 g/mol. The van der Waals surface area contributed by atoms with Crippen LogP contribution in [-0.2, 0) is 16.0 Å². The average Bonchev–Trinajstić information content (AvgIpc) is 3.21. The molecule has 1 aromatic heterocycles. The third kappa shape index (κ3) is 4.50. The van der Waals surface area contributed by atoms with Crippen LogP contribution < -0.4 is 10.9 Å². The van der Waals surface area contributed by atoms with Gasteiger partial charge < -0.3 is 9.32 Å². The van der Waals surface area contributed by atoms with Crippen molar-refractivity contribution >= 4 is 17.7 Å². The highest BCUT2D eigenvalue weighted by Crippen LogP contribution is 2.19. The normalized spacial score (nSPS) is 14.7. The number of amides is 3. The monoisotopic (exact) mass is 355 g/mol. The number of likely N-dealkylation sites (tertiary alicyclic amines) is 1. The van der Waals surface area contributed by atoms with Crippen LogP contribution in [0.25, 0.3) is 0 Å². The number of furan rings is 1. The summed E-state index contributed by atoms with van der Waals surface area (Å²) in [5.41, 5.74) is 5.81. The van der Waals surface area contributed by atoms with E-state index in [9.17, 15) is 14.4 Å². The van der Waals surface area contributed by atoms with Gasteiger partial charge in [0.1, 0.15) is 0 Å². The number of piperidine rings is 1. The second-order valence-electron chi connectivity index (χ2n) is 6.24. The number of benzene rings is 1. The second-order valence-corrected chi connectivity index (χ2v) is 6.24. The van der Waals surface area contributed by atoms with Gasteiger partial charge in [0.15, 0.2) is 5.76 Å². The van der Waals surface area contributed by atoms with Crippen LogP contribution in [0.4, 0.5) is 0 Å². The van der Waals surface area contributed by atoms with Crippen LogP contribution >= 0.6 is 0 Å². The zero-order chi connectivity index (χ0) is 18.4. The summed E-state index contributed by atoms with van der Waals surface area (Å²) >= 11 is 0. The van der Waals surface area contributed by atoms with E-state index in [1.807, 2.05) is 30.3 Å². The Bertz CT molecular complexity index is 750. The maximum Gasteiger partial charge on any atom is 0.289 e. The van der Waals surface area contributed by atoms with Gasteiger partial charge in [-0.1, -0.05) is 30.3 Å². The van der Waals surface area contributed by atoms with Crippen molar-refractivity contribution in [1.82, 2.24) is 15.8 Å². The lowest BCUT2D eigenvalue weighted by Crippen LogP contribution is -2.48. The number of hydrogen-bond donors (Lipinski definition) is 2. The maximum atomic E-state index is 12.2. The molecule has 1 aromatic carbocycles. The molecule has 0 aliphatic carbocycles. The van der Waals surface area contributed by atoms with Crippen molar-refractivity contribution in [3.63, 3.8) is 0 Å². The molecule has 1 aliphatic rings. The topological polar surface area (TPSA) is 91.7 Å². The fraction of sp³-hybridized carbons (Fsp3) is 0.316. The molecule has 2 heterocycles. The van der Waals surface area contributed by atoms with E-state index in [1.54, 1.807) is 17.0 Å². The Balaban J connectivity index is 1.41. The van der Waals surface area contributed by atoms with Crippen molar-refractivity contribution in [2.24, 2.45) is 5.92 Å². The molecular formula is C19H21N3O4. The standard InChI is InChI=1S/C19H21N3O4/c23-17(13-14-5-2-1-3-6-14)20-21-18(24)15-8-10-22(11-9-15)19(25)16-7-4-12-26-16/h1-7,12,15H,8-11,13H2,(H,20,23)(H,21,24). The smallest absolute Gasteiger partial charge is 0.289 e. The van der Waals surface area contributed by atoms with Gasteiger partial charge in [0.25, 0.3) is 5.91 Å². The number of hydrazine groups is 1. The zero-order valence-electron chi connectivity index (χ0n) is 14.3. The van der Waals surface area contributed by atoms with Gasteiger partial charge in [0.05, 0.1) is 12.7 Å². The predicted octanol–water partition coefficient (Wildman–Crippen LogP) is 1.52. The first-order valence-corrected chi connectivity index (χ1v) is 8.59. The zero-order valence-corrected chi connectivity index (χ0v) is 14.3. The first-order valence-electron chi connectivity index (χ1n) is 8.59. The third-order valence-electron chi connectivity index (χ3n) is 4.42. The highest BCUT2D eigenvalue weighted by atomic mass is 16.3. The molecule has 0 spiro atoms. The van der Waals surface area contributed by atoms with E-state index in [0.29, 0.717) is 31.7 Å². The summed E-state index contributed by atoms with van der Waals surface area (Å²) in [6.45, 7) is 0.963. The summed E-state index contributed by atoms with van der Waals surface area (Å²) in [7, 11) is 0. The molecule has 2 aromatic rings. The van der Waals surface area contributed by atoms with Gasteiger partial charge in [-0.2, -0.15) is 0 Å². The van der Waals surface area contributed by atoms with Gasteiger partial charge in [-0.15, -0.1) is 0 Å². The minimum Gasteiger partial charge on any atom is -0.459 e. The van der Waals surface area contributed by atoms with Crippen molar-refractivity contribution in [2.45, 2.75) is 19.3 Å². The molecule has 0 saturated carbocycles. The van der Waals surface area contributed by atoms with Gasteiger partial charge in [0.2, 0.25) is 11.8 Å². The molecular weight excluding hydrogens is 334 g/mol. The molecule has 0 radical (unpaired) electrons. The van der Waals surface area contributed by atoms with Crippen LogP contribution in [0.15, 0.2) is 53.1 Å². The van der Waals surface area contributed by atoms with E-state index < -0.39 is 0 Å². The molecule has 1 aliphatic heterocycles. The van der Waals surface area contributed by atoms with E-state index >= 15 is 0 Å². The van der Waals surface area contributed by atoms with Crippen molar-refractivity contribution < 1.29 is 18.8 Å². The van der Waals surface area contributed by atoms with Crippen LogP contribution in [0.2, 0.25) is 0 Å². The molecule has 1 fully saturated rings. The lowest BCUT2D eigenvalue weighted by Gasteiger charge is -2.30. The lowest BCUT2D eigenvalue weighted by molar-refractivity contribution is -0.131. The van der Waals surface area contributed by atoms with Gasteiger partial charge in [0, 0.05) is 19.0 Å². The molecule has 7 heteroatoms. The van der Waals surface area contributed by atoms with E-state index in [-0.39, 0.29) is 30.1 Å². The Morgan fingerprint density at radius 2 is 1.73 bits per heavy atom. The molecule has 2 N–H and O–H groups in total. The van der Waals surface area contributed by atoms with E-state index in [4.69, 9.17) is 4.42 Å². The summed E-state index contributed by atoms with van der Waals surface area (Å²) in [4.78, 5) is 38.0. The molecule has 136 valence electrons. The van der Waals surface area contributed by atoms with Gasteiger partial charge >= 0.3 is 0 Å². The van der Waals surface area contributed by atoms with Crippen LogP contribution in [0.5, 0.6) is 0 Å². The minimum absolute atomic E-state index is 0.162. The summed E-state index contributed by atoms with van der Waals surface area (Å²) in [6, 6.07) is 12.6. The van der Waals surface area contributed by atoms with E-state index in [0.717, 1.165) is 5.56 Å². The van der Waals surface area contributed by atoms with E-state index in [2.05, 4.69) is 10.9 Å². The summed E-state index contributed by atoms with van der Waals surface area (Å²) in [6.07, 6.45) is 2.77. The molecule has 3 rings (SSSR count). The lowest BCUT2D eigenvalue weighted by atomic mass is 9.96. The quantitative estimate of drug-likeness (QED) is 0.814.